The van der Waals surface area contributed by atoms with Gasteiger partial charge >= 0.3 is 5.97 Å². The molecule has 0 aliphatic rings. The van der Waals surface area contributed by atoms with Crippen LogP contribution < -0.4 is 5.56 Å². The molecule has 0 bridgehead atoms. The molecular weight excluding hydrogens is 484 g/mol. The highest BCUT2D eigenvalue weighted by atomic mass is 32.2. The number of hydrogen-bond acceptors (Lipinski definition) is 9. The zero-order valence-corrected chi connectivity index (χ0v) is 20.3. The summed E-state index contributed by atoms with van der Waals surface area (Å²) in [6.07, 6.45) is 0.671. The van der Waals surface area contributed by atoms with Crippen LogP contribution in [0.25, 0.3) is 22.3 Å². The average Bonchev–Trinajstić information content (AvgIpc) is 3.59. The van der Waals surface area contributed by atoms with E-state index in [4.69, 9.17) is 14.2 Å². The van der Waals surface area contributed by atoms with Crippen molar-refractivity contribution in [1.82, 2.24) is 19.7 Å². The number of methoxy groups -OCH3 is 1. The number of carbonyl (C=O) groups is 1. The second kappa shape index (κ2) is 10.2. The third-order valence-corrected chi connectivity index (χ3v) is 7.02. The van der Waals surface area contributed by atoms with Crippen LogP contribution in [0, 0.1) is 0 Å². The fraction of sp³-hybridized carbons (Fsp3) is 0.160. The lowest BCUT2D eigenvalue weighted by molar-refractivity contribution is 0.0601. The minimum absolute atomic E-state index is 0.172. The Labute approximate surface area is 208 Å². The maximum absolute atomic E-state index is 13.4. The summed E-state index contributed by atoms with van der Waals surface area (Å²) in [4.78, 5) is 34.6. The smallest absolute Gasteiger partial charge is 0.337 e. The van der Waals surface area contributed by atoms with Crippen LogP contribution in [0.2, 0.25) is 0 Å². The first kappa shape index (κ1) is 23.0. The Morgan fingerprint density at radius 3 is 2.77 bits per heavy atom. The molecule has 5 aromatic rings. The fourth-order valence-electron chi connectivity index (χ4n) is 3.59. The predicted octanol–water partition coefficient (Wildman–Crippen LogP) is 4.83. The quantitative estimate of drug-likeness (QED) is 0.168. The van der Waals surface area contributed by atoms with Gasteiger partial charge in [-0.1, -0.05) is 47.3 Å². The highest BCUT2D eigenvalue weighted by Crippen LogP contribution is 2.25. The molecule has 176 valence electrons. The van der Waals surface area contributed by atoms with E-state index < -0.39 is 5.97 Å². The SMILES string of the molecule is COC(=O)c1ccc2c(=O)n(CCc3ccccc3)c(SCc3nc(-c4ccsc4)no3)nc2c1. The first-order chi connectivity index (χ1) is 17.1. The molecule has 0 amide bonds. The van der Waals surface area contributed by atoms with Crippen LogP contribution in [0.5, 0.6) is 0 Å². The highest BCUT2D eigenvalue weighted by Gasteiger charge is 2.16. The summed E-state index contributed by atoms with van der Waals surface area (Å²) >= 11 is 2.90. The van der Waals surface area contributed by atoms with Gasteiger partial charge in [0.25, 0.3) is 5.56 Å². The molecule has 3 aromatic heterocycles. The molecular formula is C25H20N4O4S2. The lowest BCUT2D eigenvalue weighted by Gasteiger charge is -2.13. The van der Waals surface area contributed by atoms with E-state index in [0.29, 0.717) is 52.1 Å². The zero-order valence-electron chi connectivity index (χ0n) is 18.7. The molecule has 0 N–H and O–H groups in total. The van der Waals surface area contributed by atoms with E-state index in [9.17, 15) is 9.59 Å². The van der Waals surface area contributed by atoms with Crippen molar-refractivity contribution < 1.29 is 14.1 Å². The third kappa shape index (κ3) is 5.03. The monoisotopic (exact) mass is 504 g/mol. The molecule has 0 aliphatic carbocycles. The summed E-state index contributed by atoms with van der Waals surface area (Å²) in [5, 5.41) is 8.89. The lowest BCUT2D eigenvalue weighted by atomic mass is 10.1. The Morgan fingerprint density at radius 1 is 1.14 bits per heavy atom. The molecule has 0 unspecified atom stereocenters. The standard InChI is InChI=1S/C25H20N4O4S2/c1-32-24(31)17-7-8-19-20(13-17)26-25(29(23(19)30)11-9-16-5-3-2-4-6-16)35-15-21-27-22(28-33-21)18-10-12-34-14-18/h2-8,10,12-14H,9,11,15H2,1H3. The second-order valence-electron chi connectivity index (χ2n) is 7.62. The zero-order chi connectivity index (χ0) is 24.2. The van der Waals surface area contributed by atoms with E-state index >= 15 is 0 Å². The topological polar surface area (TPSA) is 100 Å². The average molecular weight is 505 g/mol. The van der Waals surface area contributed by atoms with Crippen LogP contribution in [0.4, 0.5) is 0 Å². The number of fused-ring (bicyclic) bond motifs is 1. The molecule has 10 heteroatoms. The normalized spacial score (nSPS) is 11.1. The number of thioether (sulfide) groups is 1. The molecule has 5 rings (SSSR count). The maximum atomic E-state index is 13.4. The van der Waals surface area contributed by atoms with E-state index in [2.05, 4.69) is 10.1 Å². The minimum atomic E-state index is -0.483. The number of rotatable bonds is 8. The first-order valence-electron chi connectivity index (χ1n) is 10.8. The Balaban J connectivity index is 1.48. The summed E-state index contributed by atoms with van der Waals surface area (Å²) in [5.74, 6) is 0.820. The summed E-state index contributed by atoms with van der Waals surface area (Å²) in [7, 11) is 1.32. The van der Waals surface area contributed by atoms with Gasteiger partial charge in [-0.2, -0.15) is 16.3 Å². The van der Waals surface area contributed by atoms with Gasteiger partial charge in [0.15, 0.2) is 5.16 Å². The third-order valence-electron chi connectivity index (χ3n) is 5.38. The van der Waals surface area contributed by atoms with Crippen LogP contribution in [0.1, 0.15) is 21.8 Å². The largest absolute Gasteiger partial charge is 0.465 e. The summed E-state index contributed by atoms with van der Waals surface area (Å²) in [5.41, 5.74) is 2.61. The van der Waals surface area contributed by atoms with Gasteiger partial charge < -0.3 is 9.26 Å². The number of nitrogens with zero attached hydrogens (tertiary/aromatic N) is 4. The van der Waals surface area contributed by atoms with Crippen molar-refractivity contribution in [3.8, 4) is 11.4 Å². The number of esters is 1. The van der Waals surface area contributed by atoms with Gasteiger partial charge in [0, 0.05) is 17.5 Å². The minimum Gasteiger partial charge on any atom is -0.465 e. The summed E-state index contributed by atoms with van der Waals surface area (Å²) < 4.78 is 11.9. The van der Waals surface area contributed by atoms with Crippen molar-refractivity contribution in [2.24, 2.45) is 0 Å². The summed E-state index contributed by atoms with van der Waals surface area (Å²) in [6, 6.07) is 16.7. The Morgan fingerprint density at radius 2 is 2.00 bits per heavy atom. The number of ether oxygens (including phenoxy) is 1. The molecule has 0 atom stereocenters. The number of aromatic nitrogens is 4. The van der Waals surface area contributed by atoms with Gasteiger partial charge in [-0.25, -0.2) is 9.78 Å². The Kier molecular flexibility index (Phi) is 6.73. The predicted molar refractivity (Wildman–Crippen MR) is 135 cm³/mol. The Hall–Kier alpha value is -3.76. The molecule has 0 saturated heterocycles. The van der Waals surface area contributed by atoms with Gasteiger partial charge in [0.1, 0.15) is 0 Å². The van der Waals surface area contributed by atoms with Gasteiger partial charge in [0.05, 0.1) is 29.3 Å². The van der Waals surface area contributed by atoms with Crippen LogP contribution >= 0.6 is 23.1 Å². The van der Waals surface area contributed by atoms with Crippen LogP contribution in [0.3, 0.4) is 0 Å². The van der Waals surface area contributed by atoms with E-state index in [1.54, 1.807) is 34.1 Å². The van der Waals surface area contributed by atoms with Gasteiger partial charge in [-0.15, -0.1) is 0 Å². The molecule has 0 radical (unpaired) electrons. The van der Waals surface area contributed by atoms with E-state index in [-0.39, 0.29) is 5.56 Å². The van der Waals surface area contributed by atoms with Crippen molar-refractivity contribution in [3.05, 3.63) is 92.7 Å². The number of aryl methyl sites for hydroxylation is 1. The molecule has 8 nitrogen and oxygen atoms in total. The number of carbonyl (C=O) groups excluding carboxylic acids is 1. The molecule has 0 spiro atoms. The molecule has 0 saturated carbocycles. The molecule has 0 aliphatic heterocycles. The molecule has 0 fully saturated rings. The maximum Gasteiger partial charge on any atom is 0.337 e. The van der Waals surface area contributed by atoms with Crippen molar-refractivity contribution in [1.29, 1.82) is 0 Å². The van der Waals surface area contributed by atoms with Crippen LogP contribution in [0.15, 0.2) is 79.8 Å². The second-order valence-corrected chi connectivity index (χ2v) is 9.35. The first-order valence-corrected chi connectivity index (χ1v) is 12.7. The van der Waals surface area contributed by atoms with Gasteiger partial charge in [-0.05, 0) is 41.6 Å². The summed E-state index contributed by atoms with van der Waals surface area (Å²) in [6.45, 7) is 0.455. The van der Waals surface area contributed by atoms with E-state index in [1.165, 1.54) is 18.9 Å². The van der Waals surface area contributed by atoms with Gasteiger partial charge in [-0.3, -0.25) is 9.36 Å². The van der Waals surface area contributed by atoms with Gasteiger partial charge in [0.2, 0.25) is 11.7 Å². The van der Waals surface area contributed by atoms with Crippen molar-refractivity contribution in [3.63, 3.8) is 0 Å². The molecule has 2 aromatic carbocycles. The van der Waals surface area contributed by atoms with Crippen molar-refractivity contribution >= 4 is 40.0 Å². The number of hydrogen-bond donors (Lipinski definition) is 0. The molecule has 35 heavy (non-hydrogen) atoms. The lowest BCUT2D eigenvalue weighted by Crippen LogP contribution is -2.24. The van der Waals surface area contributed by atoms with Crippen molar-refractivity contribution in [2.45, 2.75) is 23.9 Å². The fourth-order valence-corrected chi connectivity index (χ4v) is 5.08. The highest BCUT2D eigenvalue weighted by molar-refractivity contribution is 7.98. The molecule has 3 heterocycles. The van der Waals surface area contributed by atoms with E-state index in [1.807, 2.05) is 47.2 Å². The van der Waals surface area contributed by atoms with Crippen molar-refractivity contribution in [2.75, 3.05) is 7.11 Å². The Bertz CT molecular complexity index is 1530. The van der Waals surface area contributed by atoms with Crippen LogP contribution in [-0.4, -0.2) is 32.8 Å². The van der Waals surface area contributed by atoms with E-state index in [0.717, 1.165) is 11.1 Å². The number of benzene rings is 2. The number of thiophene rings is 1. The van der Waals surface area contributed by atoms with Crippen LogP contribution in [-0.2, 0) is 23.5 Å².